The number of piperazine rings is 1. The van der Waals surface area contributed by atoms with Crippen molar-refractivity contribution in [2.75, 3.05) is 31.1 Å². The summed E-state index contributed by atoms with van der Waals surface area (Å²) in [6, 6.07) is 6.24. The summed E-state index contributed by atoms with van der Waals surface area (Å²) in [5.41, 5.74) is 3.69. The Labute approximate surface area is 140 Å². The van der Waals surface area contributed by atoms with Crippen molar-refractivity contribution in [3.63, 3.8) is 0 Å². The molecule has 0 spiro atoms. The Morgan fingerprint density at radius 2 is 1.74 bits per heavy atom. The van der Waals surface area contributed by atoms with E-state index < -0.39 is 10.0 Å². The van der Waals surface area contributed by atoms with Crippen LogP contribution in [0.1, 0.15) is 16.1 Å². The topological polar surface area (TPSA) is 66.4 Å². The van der Waals surface area contributed by atoms with E-state index in [9.17, 15) is 8.42 Å². The molecule has 0 N–H and O–H groups in total. The van der Waals surface area contributed by atoms with Gasteiger partial charge >= 0.3 is 0 Å². The van der Waals surface area contributed by atoms with Gasteiger partial charge in [0.1, 0.15) is 5.01 Å². The lowest BCUT2D eigenvalue weighted by Gasteiger charge is -2.35. The minimum Gasteiger partial charge on any atom is -0.369 e. The third-order valence-corrected chi connectivity index (χ3v) is 7.31. The summed E-state index contributed by atoms with van der Waals surface area (Å²) in [5, 5.41) is 8.27. The number of sulfonamides is 1. The van der Waals surface area contributed by atoms with Gasteiger partial charge in [0.2, 0.25) is 4.34 Å². The first-order chi connectivity index (χ1) is 10.9. The van der Waals surface area contributed by atoms with E-state index in [2.05, 4.69) is 41.1 Å². The number of nitrogens with zero attached hydrogens (tertiary/aromatic N) is 4. The van der Waals surface area contributed by atoms with E-state index in [1.165, 1.54) is 21.1 Å². The average Bonchev–Trinajstić information content (AvgIpc) is 2.98. The predicted octanol–water partition coefficient (Wildman–Crippen LogP) is 1.97. The lowest BCUT2D eigenvalue weighted by Crippen LogP contribution is -2.48. The Hall–Kier alpha value is -1.51. The van der Waals surface area contributed by atoms with Gasteiger partial charge in [-0.25, -0.2) is 8.42 Å². The van der Waals surface area contributed by atoms with Gasteiger partial charge in [0.25, 0.3) is 10.0 Å². The Kier molecular flexibility index (Phi) is 4.39. The molecular weight excluding hydrogens is 332 g/mol. The highest BCUT2D eigenvalue weighted by Crippen LogP contribution is 2.26. The molecular formula is C15H20N4O2S2. The van der Waals surface area contributed by atoms with E-state index in [0.717, 1.165) is 11.3 Å². The Bertz CT molecular complexity index is 809. The van der Waals surface area contributed by atoms with E-state index in [1.54, 1.807) is 6.92 Å². The first-order valence-electron chi connectivity index (χ1n) is 7.51. The first-order valence-corrected chi connectivity index (χ1v) is 9.76. The normalized spacial score (nSPS) is 16.7. The third kappa shape index (κ3) is 3.11. The molecule has 0 bridgehead atoms. The fourth-order valence-electron chi connectivity index (χ4n) is 2.74. The van der Waals surface area contributed by atoms with Crippen molar-refractivity contribution in [2.45, 2.75) is 25.1 Å². The molecule has 2 heterocycles. The van der Waals surface area contributed by atoms with Crippen LogP contribution >= 0.6 is 11.3 Å². The van der Waals surface area contributed by atoms with Gasteiger partial charge < -0.3 is 4.90 Å². The minimum absolute atomic E-state index is 0.0928. The maximum Gasteiger partial charge on any atom is 0.272 e. The number of aryl methyl sites for hydroxylation is 2. The van der Waals surface area contributed by atoms with Crippen LogP contribution in [0.25, 0.3) is 0 Å². The number of anilines is 1. The number of hydrogen-bond donors (Lipinski definition) is 0. The zero-order valence-electron chi connectivity index (χ0n) is 13.5. The molecule has 0 amide bonds. The van der Waals surface area contributed by atoms with Gasteiger partial charge in [0.05, 0.1) is 0 Å². The van der Waals surface area contributed by atoms with E-state index in [-0.39, 0.29) is 4.34 Å². The van der Waals surface area contributed by atoms with Crippen LogP contribution in [0, 0.1) is 20.8 Å². The summed E-state index contributed by atoms with van der Waals surface area (Å²) >= 11 is 1.12. The summed E-state index contributed by atoms with van der Waals surface area (Å²) in [7, 11) is -3.51. The van der Waals surface area contributed by atoms with Gasteiger partial charge in [-0.15, -0.1) is 10.2 Å². The van der Waals surface area contributed by atoms with Crippen molar-refractivity contribution in [2.24, 2.45) is 0 Å². The van der Waals surface area contributed by atoms with Gasteiger partial charge in [-0.1, -0.05) is 23.5 Å². The summed E-state index contributed by atoms with van der Waals surface area (Å²) < 4.78 is 26.8. The molecule has 0 aliphatic carbocycles. The largest absolute Gasteiger partial charge is 0.369 e. The summed E-state index contributed by atoms with van der Waals surface area (Å²) in [4.78, 5) is 2.25. The molecule has 2 aromatic rings. The van der Waals surface area contributed by atoms with Crippen molar-refractivity contribution >= 4 is 27.0 Å². The van der Waals surface area contributed by atoms with Crippen LogP contribution < -0.4 is 4.90 Å². The second-order valence-corrected chi connectivity index (χ2v) is 8.99. The van der Waals surface area contributed by atoms with Crippen LogP contribution in [0.3, 0.4) is 0 Å². The molecule has 1 aliphatic rings. The first kappa shape index (κ1) is 16.4. The predicted molar refractivity (Wildman–Crippen MR) is 91.5 cm³/mol. The Morgan fingerprint density at radius 1 is 1.04 bits per heavy atom. The van der Waals surface area contributed by atoms with Gasteiger partial charge in [-0.2, -0.15) is 4.31 Å². The molecule has 124 valence electrons. The van der Waals surface area contributed by atoms with Gasteiger partial charge in [0, 0.05) is 31.9 Å². The Morgan fingerprint density at radius 3 is 2.35 bits per heavy atom. The maximum absolute atomic E-state index is 12.6. The van der Waals surface area contributed by atoms with E-state index >= 15 is 0 Å². The number of hydrogen-bond acceptors (Lipinski definition) is 6. The summed E-state index contributed by atoms with van der Waals surface area (Å²) in [5.74, 6) is 0. The van der Waals surface area contributed by atoms with Gasteiger partial charge in [0.15, 0.2) is 0 Å². The molecule has 8 heteroatoms. The lowest BCUT2D eigenvalue weighted by atomic mass is 10.1. The van der Waals surface area contributed by atoms with Crippen LogP contribution in [-0.4, -0.2) is 49.1 Å². The molecule has 1 fully saturated rings. The van der Waals surface area contributed by atoms with Crippen LogP contribution in [-0.2, 0) is 10.0 Å². The third-order valence-electron chi connectivity index (χ3n) is 4.22. The number of aromatic nitrogens is 2. The fourth-order valence-corrected chi connectivity index (χ4v) is 5.26. The molecule has 6 nitrogen and oxygen atoms in total. The zero-order valence-corrected chi connectivity index (χ0v) is 15.1. The monoisotopic (exact) mass is 352 g/mol. The van der Waals surface area contributed by atoms with Gasteiger partial charge in [-0.3, -0.25) is 0 Å². The molecule has 0 radical (unpaired) electrons. The number of rotatable bonds is 3. The van der Waals surface area contributed by atoms with Crippen molar-refractivity contribution in [1.82, 2.24) is 14.5 Å². The van der Waals surface area contributed by atoms with Crippen LogP contribution in [0.4, 0.5) is 5.69 Å². The highest BCUT2D eigenvalue weighted by molar-refractivity contribution is 7.91. The summed E-state index contributed by atoms with van der Waals surface area (Å²) in [6.07, 6.45) is 0. The van der Waals surface area contributed by atoms with Crippen molar-refractivity contribution in [1.29, 1.82) is 0 Å². The SMILES string of the molecule is Cc1nnc(S(=O)(=O)N2CCN(c3cccc(C)c3C)CC2)s1. The highest BCUT2D eigenvalue weighted by Gasteiger charge is 2.31. The highest BCUT2D eigenvalue weighted by atomic mass is 32.2. The quantitative estimate of drug-likeness (QED) is 0.845. The van der Waals surface area contributed by atoms with E-state index in [0.29, 0.717) is 31.2 Å². The Balaban J connectivity index is 1.75. The molecule has 1 aromatic carbocycles. The molecule has 1 aromatic heterocycles. The van der Waals surface area contributed by atoms with E-state index in [4.69, 9.17) is 0 Å². The molecule has 3 rings (SSSR count). The maximum atomic E-state index is 12.6. The molecule has 23 heavy (non-hydrogen) atoms. The molecule has 0 saturated carbocycles. The standard InChI is InChI=1S/C15H20N4O2S2/c1-11-5-4-6-14(12(11)2)18-7-9-19(10-8-18)23(20,21)15-17-16-13(3)22-15/h4-6H,7-10H2,1-3H3. The lowest BCUT2D eigenvalue weighted by molar-refractivity contribution is 0.384. The summed E-state index contributed by atoms with van der Waals surface area (Å²) in [6.45, 7) is 8.26. The van der Waals surface area contributed by atoms with E-state index in [1.807, 2.05) is 6.07 Å². The van der Waals surface area contributed by atoms with Crippen molar-refractivity contribution < 1.29 is 8.42 Å². The average molecular weight is 352 g/mol. The second kappa shape index (κ2) is 6.18. The molecule has 1 aliphatic heterocycles. The fraction of sp³-hybridized carbons (Fsp3) is 0.467. The molecule has 0 atom stereocenters. The van der Waals surface area contributed by atoms with Gasteiger partial charge in [-0.05, 0) is 38.0 Å². The van der Waals surface area contributed by atoms with Crippen LogP contribution in [0.5, 0.6) is 0 Å². The molecule has 0 unspecified atom stereocenters. The smallest absolute Gasteiger partial charge is 0.272 e. The van der Waals surface area contributed by atoms with Crippen molar-refractivity contribution in [3.05, 3.63) is 34.3 Å². The number of benzene rings is 1. The van der Waals surface area contributed by atoms with Crippen molar-refractivity contribution in [3.8, 4) is 0 Å². The zero-order chi connectivity index (χ0) is 16.6. The second-order valence-electron chi connectivity index (χ2n) is 5.70. The minimum atomic E-state index is -3.51. The van der Waals surface area contributed by atoms with Crippen LogP contribution in [0.2, 0.25) is 0 Å². The molecule has 1 saturated heterocycles. The van der Waals surface area contributed by atoms with Crippen LogP contribution in [0.15, 0.2) is 22.5 Å².